The number of aliphatic hydroxyl groups is 1. The third-order valence-corrected chi connectivity index (χ3v) is 5.32. The van der Waals surface area contributed by atoms with Crippen LogP contribution < -0.4 is 10.2 Å². The summed E-state index contributed by atoms with van der Waals surface area (Å²) in [7, 11) is 0. The number of ether oxygens (including phenoxy) is 1. The topological polar surface area (TPSA) is 106 Å². The Labute approximate surface area is 183 Å². The zero-order valence-electron chi connectivity index (χ0n) is 17.4. The van der Waals surface area contributed by atoms with Crippen LogP contribution in [0.15, 0.2) is 43.0 Å². The first-order valence-electron chi connectivity index (χ1n) is 10.4. The van der Waals surface area contributed by atoms with E-state index >= 15 is 0 Å². The molecule has 1 aliphatic heterocycles. The van der Waals surface area contributed by atoms with E-state index < -0.39 is 0 Å². The normalized spacial score (nSPS) is 14.2. The van der Waals surface area contributed by atoms with Gasteiger partial charge < -0.3 is 20.1 Å². The summed E-state index contributed by atoms with van der Waals surface area (Å²) in [5, 5.41) is 21.4. The van der Waals surface area contributed by atoms with Crippen molar-refractivity contribution in [3.05, 3.63) is 54.4 Å². The van der Waals surface area contributed by atoms with Gasteiger partial charge in [0.2, 0.25) is 5.95 Å². The SMILES string of the molecule is OCCn1cc(Nc2ncc3cnn(Cc4cc(N5CCOCC5)ccc4F)c3n2)cn1. The van der Waals surface area contributed by atoms with Gasteiger partial charge in [0, 0.05) is 36.7 Å². The molecule has 1 fully saturated rings. The number of fused-ring (bicyclic) bond motifs is 1. The van der Waals surface area contributed by atoms with Crippen molar-refractivity contribution in [2.24, 2.45) is 0 Å². The number of anilines is 3. The van der Waals surface area contributed by atoms with Crippen LogP contribution >= 0.6 is 0 Å². The third-order valence-electron chi connectivity index (χ3n) is 5.32. The molecule has 4 aromatic rings. The van der Waals surface area contributed by atoms with E-state index in [0.717, 1.165) is 24.2 Å². The minimum Gasteiger partial charge on any atom is -0.394 e. The molecule has 0 atom stereocenters. The summed E-state index contributed by atoms with van der Waals surface area (Å²) in [6.45, 7) is 3.57. The van der Waals surface area contributed by atoms with Crippen molar-refractivity contribution in [3.63, 3.8) is 0 Å². The molecule has 3 aromatic heterocycles. The maximum atomic E-state index is 14.6. The van der Waals surface area contributed by atoms with Gasteiger partial charge in [-0.2, -0.15) is 15.2 Å². The molecule has 5 rings (SSSR count). The lowest BCUT2D eigenvalue weighted by Gasteiger charge is -2.29. The van der Waals surface area contributed by atoms with E-state index in [2.05, 4.69) is 30.4 Å². The predicted octanol–water partition coefficient (Wildman–Crippen LogP) is 1.78. The van der Waals surface area contributed by atoms with Crippen molar-refractivity contribution < 1.29 is 14.2 Å². The highest BCUT2D eigenvalue weighted by atomic mass is 19.1. The van der Waals surface area contributed by atoms with Crippen LogP contribution in [0.3, 0.4) is 0 Å². The lowest BCUT2D eigenvalue weighted by Crippen LogP contribution is -2.36. The molecule has 0 amide bonds. The van der Waals surface area contributed by atoms with Gasteiger partial charge in [-0.3, -0.25) is 4.68 Å². The zero-order valence-corrected chi connectivity index (χ0v) is 17.4. The van der Waals surface area contributed by atoms with E-state index in [-0.39, 0.29) is 19.0 Å². The van der Waals surface area contributed by atoms with Crippen molar-refractivity contribution in [1.82, 2.24) is 29.5 Å². The van der Waals surface area contributed by atoms with Gasteiger partial charge in [0.1, 0.15) is 5.82 Å². The molecule has 166 valence electrons. The molecule has 0 spiro atoms. The van der Waals surface area contributed by atoms with Crippen molar-refractivity contribution in [3.8, 4) is 0 Å². The smallest absolute Gasteiger partial charge is 0.229 e. The largest absolute Gasteiger partial charge is 0.394 e. The first-order valence-corrected chi connectivity index (χ1v) is 10.4. The highest BCUT2D eigenvalue weighted by Gasteiger charge is 2.15. The molecule has 4 heterocycles. The van der Waals surface area contributed by atoms with Crippen LogP contribution in [0.2, 0.25) is 0 Å². The molecule has 1 saturated heterocycles. The lowest BCUT2D eigenvalue weighted by molar-refractivity contribution is 0.122. The Morgan fingerprint density at radius 3 is 2.84 bits per heavy atom. The van der Waals surface area contributed by atoms with E-state index in [9.17, 15) is 4.39 Å². The van der Waals surface area contributed by atoms with Gasteiger partial charge in [0.15, 0.2) is 5.65 Å². The Bertz CT molecular complexity index is 1220. The molecule has 1 aliphatic rings. The first kappa shape index (κ1) is 20.3. The van der Waals surface area contributed by atoms with Gasteiger partial charge in [-0.15, -0.1) is 0 Å². The monoisotopic (exact) mass is 438 g/mol. The standard InChI is InChI=1S/C21H23FN8O2/c22-19-2-1-18(28-4-7-32-8-5-28)9-15(19)13-30-20-16(11-25-30)10-23-21(27-20)26-17-12-24-29(14-17)3-6-31/h1-2,9-12,14,31H,3-8,13H2,(H,23,26,27). The maximum Gasteiger partial charge on any atom is 0.229 e. The van der Waals surface area contributed by atoms with Crippen molar-refractivity contribution in [2.75, 3.05) is 43.1 Å². The molecular formula is C21H23FN8O2. The number of rotatable bonds is 7. The van der Waals surface area contributed by atoms with Crippen molar-refractivity contribution in [1.29, 1.82) is 0 Å². The zero-order chi connectivity index (χ0) is 21.9. The Kier molecular flexibility index (Phi) is 5.65. The van der Waals surface area contributed by atoms with Crippen LogP contribution in [0.1, 0.15) is 5.56 Å². The van der Waals surface area contributed by atoms with Crippen LogP contribution in [0.5, 0.6) is 0 Å². The Balaban J connectivity index is 1.39. The first-order chi connectivity index (χ1) is 15.7. The summed E-state index contributed by atoms with van der Waals surface area (Å²) in [6.07, 6.45) is 6.73. The maximum absolute atomic E-state index is 14.6. The second kappa shape index (κ2) is 8.89. The Hall–Kier alpha value is -3.57. The van der Waals surface area contributed by atoms with Crippen LogP contribution in [-0.4, -0.2) is 67.5 Å². The van der Waals surface area contributed by atoms with Crippen molar-refractivity contribution >= 4 is 28.4 Å². The summed E-state index contributed by atoms with van der Waals surface area (Å²) in [4.78, 5) is 11.1. The molecule has 0 aliphatic carbocycles. The van der Waals surface area contributed by atoms with Crippen molar-refractivity contribution in [2.45, 2.75) is 13.1 Å². The summed E-state index contributed by atoms with van der Waals surface area (Å²) in [6, 6.07) is 5.16. The van der Waals surface area contributed by atoms with Gasteiger partial charge in [0.25, 0.3) is 0 Å². The Morgan fingerprint density at radius 1 is 1.12 bits per heavy atom. The second-order valence-corrected chi connectivity index (χ2v) is 7.49. The number of hydrogen-bond acceptors (Lipinski definition) is 8. The average Bonchev–Trinajstić information content (AvgIpc) is 3.43. The number of halogens is 1. The average molecular weight is 438 g/mol. The highest BCUT2D eigenvalue weighted by molar-refractivity contribution is 5.75. The molecular weight excluding hydrogens is 415 g/mol. The minimum atomic E-state index is -0.283. The fourth-order valence-corrected chi connectivity index (χ4v) is 3.69. The summed E-state index contributed by atoms with van der Waals surface area (Å²) < 4.78 is 23.3. The number of morpholine rings is 1. The van der Waals surface area contributed by atoms with E-state index in [4.69, 9.17) is 9.84 Å². The summed E-state index contributed by atoms with van der Waals surface area (Å²) >= 11 is 0. The van der Waals surface area contributed by atoms with E-state index in [1.54, 1.807) is 40.2 Å². The molecule has 0 bridgehead atoms. The number of benzene rings is 1. The fourth-order valence-electron chi connectivity index (χ4n) is 3.69. The fraction of sp³-hybridized carbons (Fsp3) is 0.333. The van der Waals surface area contributed by atoms with Crippen LogP contribution in [-0.2, 0) is 17.8 Å². The molecule has 32 heavy (non-hydrogen) atoms. The van der Waals surface area contributed by atoms with Crippen LogP contribution in [0.25, 0.3) is 11.0 Å². The molecule has 10 nitrogen and oxygen atoms in total. The highest BCUT2D eigenvalue weighted by Crippen LogP contribution is 2.22. The molecule has 11 heteroatoms. The van der Waals surface area contributed by atoms with Crippen LogP contribution in [0.4, 0.5) is 21.7 Å². The predicted molar refractivity (Wildman–Crippen MR) is 116 cm³/mol. The molecule has 0 unspecified atom stereocenters. The van der Waals surface area contributed by atoms with E-state index in [1.807, 2.05) is 6.07 Å². The number of aromatic nitrogens is 6. The number of nitrogens with one attached hydrogen (secondary N) is 1. The third kappa shape index (κ3) is 4.25. The Morgan fingerprint density at radius 2 is 2.00 bits per heavy atom. The van der Waals surface area contributed by atoms with Gasteiger partial charge in [0.05, 0.1) is 56.4 Å². The van der Waals surface area contributed by atoms with Gasteiger partial charge in [-0.25, -0.2) is 14.1 Å². The van der Waals surface area contributed by atoms with Gasteiger partial charge >= 0.3 is 0 Å². The molecule has 0 radical (unpaired) electrons. The second-order valence-electron chi connectivity index (χ2n) is 7.49. The van der Waals surface area contributed by atoms with Gasteiger partial charge in [-0.05, 0) is 18.2 Å². The molecule has 1 aromatic carbocycles. The van der Waals surface area contributed by atoms with Crippen LogP contribution in [0, 0.1) is 5.82 Å². The number of aliphatic hydroxyl groups excluding tert-OH is 1. The van der Waals surface area contributed by atoms with Gasteiger partial charge in [-0.1, -0.05) is 0 Å². The van der Waals surface area contributed by atoms with E-state index in [1.165, 1.54) is 6.07 Å². The quantitative estimate of drug-likeness (QED) is 0.450. The number of nitrogens with zero attached hydrogens (tertiary/aromatic N) is 7. The minimum absolute atomic E-state index is 0.00601. The van der Waals surface area contributed by atoms with E-state index in [0.29, 0.717) is 42.6 Å². The molecule has 0 saturated carbocycles. The summed E-state index contributed by atoms with van der Waals surface area (Å²) in [5.74, 6) is 0.0969. The summed E-state index contributed by atoms with van der Waals surface area (Å²) in [5.41, 5.74) is 2.81. The number of hydrogen-bond donors (Lipinski definition) is 2. The lowest BCUT2D eigenvalue weighted by atomic mass is 10.1. The molecule has 2 N–H and O–H groups in total.